The summed E-state index contributed by atoms with van der Waals surface area (Å²) in [5.41, 5.74) is 0.919. The molecule has 0 aliphatic carbocycles. The summed E-state index contributed by atoms with van der Waals surface area (Å²) in [6.07, 6.45) is 3.19. The van der Waals surface area contributed by atoms with Crippen molar-refractivity contribution in [3.05, 3.63) is 71.3 Å². The van der Waals surface area contributed by atoms with Crippen molar-refractivity contribution in [2.24, 2.45) is 0 Å². The van der Waals surface area contributed by atoms with E-state index in [1.54, 1.807) is 24.5 Å². The van der Waals surface area contributed by atoms with Gasteiger partial charge in [-0.1, -0.05) is 11.6 Å². The minimum Gasteiger partial charge on any atom is -0.467 e. The molecule has 1 aromatic carbocycles. The lowest BCUT2D eigenvalue weighted by molar-refractivity contribution is -0.128. The second kappa shape index (κ2) is 9.85. The van der Waals surface area contributed by atoms with Gasteiger partial charge < -0.3 is 19.5 Å². The zero-order valence-corrected chi connectivity index (χ0v) is 17.7. The van der Waals surface area contributed by atoms with Crippen LogP contribution >= 0.6 is 11.6 Å². The van der Waals surface area contributed by atoms with Crippen molar-refractivity contribution in [3.63, 3.8) is 0 Å². The molecule has 0 unspecified atom stereocenters. The monoisotopic (exact) mass is 441 g/mol. The highest BCUT2D eigenvalue weighted by atomic mass is 35.5. The molecule has 0 spiro atoms. The summed E-state index contributed by atoms with van der Waals surface area (Å²) in [5.74, 6) is 1.85. The van der Waals surface area contributed by atoms with Crippen LogP contribution in [0.15, 0.2) is 63.6 Å². The van der Waals surface area contributed by atoms with E-state index in [2.05, 4.69) is 10.6 Å². The molecule has 2 aromatic heterocycles. The van der Waals surface area contributed by atoms with Gasteiger partial charge >= 0.3 is 0 Å². The summed E-state index contributed by atoms with van der Waals surface area (Å²) in [4.78, 5) is 26.9. The number of halogens is 1. The minimum absolute atomic E-state index is 0.0830. The molecule has 0 bridgehead atoms. The van der Waals surface area contributed by atoms with E-state index >= 15 is 0 Å². The number of hydrogen-bond donors (Lipinski definition) is 2. The molecular weight excluding hydrogens is 418 g/mol. The maximum absolute atomic E-state index is 12.5. The Labute approximate surface area is 185 Å². The molecule has 1 aliphatic heterocycles. The summed E-state index contributed by atoms with van der Waals surface area (Å²) in [5, 5.41) is 6.42. The zero-order chi connectivity index (χ0) is 21.6. The molecule has 0 saturated carbocycles. The van der Waals surface area contributed by atoms with Crippen LogP contribution in [0.3, 0.4) is 0 Å². The molecule has 2 amide bonds. The second-order valence-electron chi connectivity index (χ2n) is 7.48. The molecule has 1 fully saturated rings. The lowest BCUT2D eigenvalue weighted by Gasteiger charge is -2.22. The van der Waals surface area contributed by atoms with E-state index in [1.165, 1.54) is 0 Å². The number of rotatable bonds is 8. The highest BCUT2D eigenvalue weighted by Crippen LogP contribution is 2.24. The third kappa shape index (κ3) is 5.57. The fourth-order valence-corrected chi connectivity index (χ4v) is 3.81. The predicted octanol–water partition coefficient (Wildman–Crippen LogP) is 3.59. The Kier molecular flexibility index (Phi) is 6.74. The number of carbonyl (C=O) groups excluding carboxylic acids is 2. The Bertz CT molecular complexity index is 1010. The molecule has 1 atom stereocenters. The third-order valence-corrected chi connectivity index (χ3v) is 5.53. The first-order valence-corrected chi connectivity index (χ1v) is 10.6. The van der Waals surface area contributed by atoms with Gasteiger partial charge in [0.1, 0.15) is 17.3 Å². The molecule has 3 heterocycles. The minimum atomic E-state index is -0.305. The molecule has 1 aliphatic rings. The van der Waals surface area contributed by atoms with Gasteiger partial charge in [0.15, 0.2) is 0 Å². The van der Waals surface area contributed by atoms with E-state index in [0.717, 1.165) is 18.4 Å². The molecule has 4 rings (SSSR count). The van der Waals surface area contributed by atoms with Gasteiger partial charge in [0.05, 0.1) is 31.9 Å². The van der Waals surface area contributed by atoms with Gasteiger partial charge in [-0.05, 0) is 67.9 Å². The van der Waals surface area contributed by atoms with E-state index in [-0.39, 0.29) is 30.9 Å². The first kappa shape index (κ1) is 21.2. The lowest BCUT2D eigenvalue weighted by Crippen LogP contribution is -2.46. The largest absolute Gasteiger partial charge is 0.467 e. The van der Waals surface area contributed by atoms with Crippen LogP contribution < -0.4 is 10.6 Å². The highest BCUT2D eigenvalue weighted by Gasteiger charge is 2.31. The van der Waals surface area contributed by atoms with E-state index in [4.69, 9.17) is 20.4 Å². The number of amides is 2. The van der Waals surface area contributed by atoms with Gasteiger partial charge in [-0.3, -0.25) is 14.5 Å². The molecule has 3 aromatic rings. The van der Waals surface area contributed by atoms with Gasteiger partial charge in [-0.2, -0.15) is 0 Å². The summed E-state index contributed by atoms with van der Waals surface area (Å²) >= 11 is 5.92. The molecule has 1 saturated heterocycles. The van der Waals surface area contributed by atoms with Crippen LogP contribution in [0.25, 0.3) is 11.3 Å². The Morgan fingerprint density at radius 3 is 2.61 bits per heavy atom. The quantitative estimate of drug-likeness (QED) is 0.557. The molecule has 7 nitrogen and oxygen atoms in total. The van der Waals surface area contributed by atoms with E-state index in [1.807, 2.05) is 35.2 Å². The molecular formula is C23H24ClN3O4. The van der Waals surface area contributed by atoms with Crippen molar-refractivity contribution in [1.29, 1.82) is 0 Å². The van der Waals surface area contributed by atoms with Gasteiger partial charge in [-0.15, -0.1) is 0 Å². The number of benzene rings is 1. The summed E-state index contributed by atoms with van der Waals surface area (Å²) < 4.78 is 11.1. The molecule has 0 radical (unpaired) electrons. The maximum atomic E-state index is 12.5. The zero-order valence-electron chi connectivity index (χ0n) is 17.0. The van der Waals surface area contributed by atoms with Gasteiger partial charge in [0.2, 0.25) is 11.8 Å². The van der Waals surface area contributed by atoms with Crippen molar-refractivity contribution in [2.75, 3.05) is 13.1 Å². The van der Waals surface area contributed by atoms with Crippen molar-refractivity contribution in [2.45, 2.75) is 32.0 Å². The third-order valence-electron chi connectivity index (χ3n) is 5.28. The predicted molar refractivity (Wildman–Crippen MR) is 116 cm³/mol. The summed E-state index contributed by atoms with van der Waals surface area (Å²) in [6, 6.07) is 14.4. The average Bonchev–Trinajstić information content (AvgIpc) is 3.53. The van der Waals surface area contributed by atoms with Crippen molar-refractivity contribution < 1.29 is 18.4 Å². The standard InChI is InChI=1S/C23H24ClN3O4/c24-17-7-5-16(6-8-17)21-10-9-19(31-21)14-25-22(28)15-27-11-1-4-20(27)23(29)26-13-18-3-2-12-30-18/h2-3,5-10,12,20H,1,4,11,13-15H2,(H,25,28)(H,26,29)/t20-/m1/s1. The molecule has 162 valence electrons. The normalized spacial score (nSPS) is 16.4. The summed E-state index contributed by atoms with van der Waals surface area (Å²) in [6.45, 7) is 1.52. The van der Waals surface area contributed by atoms with E-state index in [0.29, 0.717) is 35.4 Å². The fourth-order valence-electron chi connectivity index (χ4n) is 3.69. The fraction of sp³-hybridized carbons (Fsp3) is 0.304. The number of furan rings is 2. The highest BCUT2D eigenvalue weighted by molar-refractivity contribution is 6.30. The first-order chi connectivity index (χ1) is 15.1. The first-order valence-electron chi connectivity index (χ1n) is 10.2. The number of carbonyl (C=O) groups is 2. The van der Waals surface area contributed by atoms with Crippen molar-refractivity contribution >= 4 is 23.4 Å². The summed E-state index contributed by atoms with van der Waals surface area (Å²) in [7, 11) is 0. The molecule has 2 N–H and O–H groups in total. The van der Waals surface area contributed by atoms with Gasteiger partial charge in [0, 0.05) is 10.6 Å². The maximum Gasteiger partial charge on any atom is 0.237 e. The number of likely N-dealkylation sites (tertiary alicyclic amines) is 1. The Hall–Kier alpha value is -3.03. The smallest absolute Gasteiger partial charge is 0.237 e. The van der Waals surface area contributed by atoms with Crippen LogP contribution in [0.4, 0.5) is 0 Å². The topological polar surface area (TPSA) is 87.7 Å². The van der Waals surface area contributed by atoms with Gasteiger partial charge in [0.25, 0.3) is 0 Å². The number of nitrogens with one attached hydrogen (secondary N) is 2. The lowest BCUT2D eigenvalue weighted by atomic mass is 10.2. The van der Waals surface area contributed by atoms with Crippen LogP contribution in [0.2, 0.25) is 5.02 Å². The molecule has 8 heteroatoms. The Morgan fingerprint density at radius 1 is 1.03 bits per heavy atom. The van der Waals surface area contributed by atoms with E-state index in [9.17, 15) is 9.59 Å². The van der Waals surface area contributed by atoms with Crippen molar-refractivity contribution in [1.82, 2.24) is 15.5 Å². The van der Waals surface area contributed by atoms with Gasteiger partial charge in [-0.25, -0.2) is 0 Å². The number of hydrogen-bond acceptors (Lipinski definition) is 5. The van der Waals surface area contributed by atoms with E-state index < -0.39 is 0 Å². The Balaban J connectivity index is 1.25. The van der Waals surface area contributed by atoms with Crippen LogP contribution in [0.5, 0.6) is 0 Å². The Morgan fingerprint density at radius 2 is 1.84 bits per heavy atom. The van der Waals surface area contributed by atoms with Crippen LogP contribution in [0, 0.1) is 0 Å². The average molecular weight is 442 g/mol. The number of nitrogens with zero attached hydrogens (tertiary/aromatic N) is 1. The van der Waals surface area contributed by atoms with Crippen LogP contribution in [-0.4, -0.2) is 35.8 Å². The second-order valence-corrected chi connectivity index (χ2v) is 7.91. The van der Waals surface area contributed by atoms with Crippen molar-refractivity contribution in [3.8, 4) is 11.3 Å². The van der Waals surface area contributed by atoms with Crippen LogP contribution in [-0.2, 0) is 22.7 Å². The SMILES string of the molecule is O=C(CN1CCC[C@@H]1C(=O)NCc1ccco1)NCc1ccc(-c2ccc(Cl)cc2)o1. The molecule has 31 heavy (non-hydrogen) atoms. The van der Waals surface area contributed by atoms with Crippen LogP contribution in [0.1, 0.15) is 24.4 Å².